The minimum Gasteiger partial charge on any atom is -0.481 e. The van der Waals surface area contributed by atoms with Crippen molar-refractivity contribution in [1.82, 2.24) is 16.0 Å². The van der Waals surface area contributed by atoms with Crippen LogP contribution in [0, 0.1) is 0 Å². The van der Waals surface area contributed by atoms with Crippen LogP contribution in [-0.2, 0) is 28.8 Å². The van der Waals surface area contributed by atoms with Gasteiger partial charge in [-0.2, -0.15) is 12.6 Å². The quantitative estimate of drug-likeness (QED) is 0.0377. The van der Waals surface area contributed by atoms with E-state index in [1.54, 1.807) is 0 Å². The third-order valence-electron chi connectivity index (χ3n) is 4.41. The molecule has 0 aromatic carbocycles. The zero-order valence-electron chi connectivity index (χ0n) is 18.8. The van der Waals surface area contributed by atoms with Crippen molar-refractivity contribution in [3.8, 4) is 0 Å². The first kappa shape index (κ1) is 31.4. The van der Waals surface area contributed by atoms with Crippen LogP contribution in [0.4, 0.5) is 0 Å². The Balaban J connectivity index is 5.34. The number of nitrogens with zero attached hydrogens (tertiary/aromatic N) is 1. The second-order valence-corrected chi connectivity index (χ2v) is 7.73. The van der Waals surface area contributed by atoms with Crippen molar-refractivity contribution in [2.24, 2.45) is 27.9 Å². The molecule has 35 heavy (non-hydrogen) atoms. The molecule has 0 aliphatic heterocycles. The molecule has 0 rings (SSSR count). The molecular formula is C18H32N8O8S. The number of carbonyl (C=O) groups is 6. The number of aliphatic carboxylic acids is 2. The third-order valence-corrected chi connectivity index (χ3v) is 4.78. The molecule has 0 saturated heterocycles. The Bertz CT molecular complexity index is 820. The van der Waals surface area contributed by atoms with Crippen molar-refractivity contribution < 1.29 is 39.0 Å². The number of primary amides is 1. The molecule has 16 nitrogen and oxygen atoms in total. The summed E-state index contributed by atoms with van der Waals surface area (Å²) in [6.07, 6.45) is -1.22. The molecule has 0 bridgehead atoms. The van der Waals surface area contributed by atoms with Crippen molar-refractivity contribution >= 4 is 54.2 Å². The molecule has 0 aliphatic rings. The van der Waals surface area contributed by atoms with Crippen LogP contribution in [0.15, 0.2) is 4.99 Å². The predicted molar refractivity (Wildman–Crippen MR) is 126 cm³/mol. The number of aliphatic imine (C=N–C) groups is 1. The van der Waals surface area contributed by atoms with E-state index in [0.717, 1.165) is 0 Å². The molecule has 0 heterocycles. The number of thiol groups is 1. The van der Waals surface area contributed by atoms with Crippen molar-refractivity contribution in [2.45, 2.75) is 56.3 Å². The molecule has 13 N–H and O–H groups in total. The van der Waals surface area contributed by atoms with Crippen LogP contribution in [0.2, 0.25) is 0 Å². The SMILES string of the molecule is NC(=O)CC(N)C(=O)NC(CS)C(=O)NC(CCC(=O)O)C(=O)NC(CCCN=C(N)N)C(=O)O. The Morgan fingerprint density at radius 2 is 1.37 bits per heavy atom. The van der Waals surface area contributed by atoms with Gasteiger partial charge in [0, 0.05) is 18.7 Å². The molecule has 0 saturated carbocycles. The van der Waals surface area contributed by atoms with E-state index >= 15 is 0 Å². The van der Waals surface area contributed by atoms with Crippen LogP contribution in [0.1, 0.15) is 32.1 Å². The standard InChI is InChI=1S/C18H32N8O8S/c19-8(6-12(20)27)14(30)26-11(7-35)16(32)24-9(3-4-13(28)29)15(31)25-10(17(33)34)2-1-5-23-18(21)22/h8-11,35H,1-7,19H2,(H2,20,27)(H,24,32)(H,25,31)(H,26,30)(H,28,29)(H,33,34)(H4,21,22,23). The molecule has 0 aliphatic carbocycles. The van der Waals surface area contributed by atoms with Crippen LogP contribution < -0.4 is 38.9 Å². The van der Waals surface area contributed by atoms with Crippen molar-refractivity contribution in [3.63, 3.8) is 0 Å². The first-order valence-electron chi connectivity index (χ1n) is 10.3. The van der Waals surface area contributed by atoms with E-state index < -0.39 is 72.6 Å². The number of rotatable bonds is 17. The molecule has 0 fully saturated rings. The molecule has 0 aromatic rings. The Hall–Kier alpha value is -3.60. The molecule has 4 unspecified atom stereocenters. The van der Waals surface area contributed by atoms with Crippen LogP contribution in [-0.4, -0.2) is 88.2 Å². The van der Waals surface area contributed by atoms with Crippen molar-refractivity contribution in [2.75, 3.05) is 12.3 Å². The number of carboxylic acid groups (broad SMARTS) is 2. The number of nitrogens with one attached hydrogen (secondary N) is 3. The Morgan fingerprint density at radius 3 is 1.86 bits per heavy atom. The number of hydrogen-bond donors (Lipinski definition) is 10. The lowest BCUT2D eigenvalue weighted by atomic mass is 10.1. The maximum atomic E-state index is 12.7. The molecule has 17 heteroatoms. The predicted octanol–water partition coefficient (Wildman–Crippen LogP) is -4.42. The second-order valence-electron chi connectivity index (χ2n) is 7.36. The van der Waals surface area contributed by atoms with Gasteiger partial charge < -0.3 is 49.1 Å². The summed E-state index contributed by atoms with van der Waals surface area (Å²) in [5.41, 5.74) is 20.9. The first-order valence-corrected chi connectivity index (χ1v) is 11.0. The van der Waals surface area contributed by atoms with Gasteiger partial charge in [-0.3, -0.25) is 29.0 Å². The van der Waals surface area contributed by atoms with Gasteiger partial charge in [0.2, 0.25) is 23.6 Å². The van der Waals surface area contributed by atoms with Crippen molar-refractivity contribution in [3.05, 3.63) is 0 Å². The number of amides is 4. The fourth-order valence-electron chi connectivity index (χ4n) is 2.62. The van der Waals surface area contributed by atoms with Crippen molar-refractivity contribution in [1.29, 1.82) is 0 Å². The molecule has 198 valence electrons. The van der Waals surface area contributed by atoms with Gasteiger partial charge in [0.25, 0.3) is 0 Å². The van der Waals surface area contributed by atoms with E-state index in [4.69, 9.17) is 28.0 Å². The van der Waals surface area contributed by atoms with Crippen LogP contribution in [0.3, 0.4) is 0 Å². The maximum Gasteiger partial charge on any atom is 0.326 e. The molecule has 0 radical (unpaired) electrons. The van der Waals surface area contributed by atoms with Crippen LogP contribution in [0.25, 0.3) is 0 Å². The minimum absolute atomic E-state index is 0.0511. The number of carboxylic acids is 2. The summed E-state index contributed by atoms with van der Waals surface area (Å²) >= 11 is 3.96. The number of nitrogens with two attached hydrogens (primary N) is 4. The highest BCUT2D eigenvalue weighted by Crippen LogP contribution is 2.04. The van der Waals surface area contributed by atoms with E-state index in [9.17, 15) is 33.9 Å². The summed E-state index contributed by atoms with van der Waals surface area (Å²) in [6.45, 7) is 0.113. The number of guanidine groups is 1. The molecule has 0 aromatic heterocycles. The minimum atomic E-state index is -1.45. The summed E-state index contributed by atoms with van der Waals surface area (Å²) in [5.74, 6) is -6.63. The molecule has 4 atom stereocenters. The van der Waals surface area contributed by atoms with Gasteiger partial charge in [-0.05, 0) is 19.3 Å². The van der Waals surface area contributed by atoms with Gasteiger partial charge in [0.1, 0.15) is 18.1 Å². The Morgan fingerprint density at radius 1 is 0.829 bits per heavy atom. The van der Waals surface area contributed by atoms with E-state index in [0.29, 0.717) is 0 Å². The average molecular weight is 521 g/mol. The molecular weight excluding hydrogens is 488 g/mol. The highest BCUT2D eigenvalue weighted by Gasteiger charge is 2.30. The topological polar surface area (TPSA) is 295 Å². The Kier molecular flexibility index (Phi) is 14.4. The zero-order chi connectivity index (χ0) is 27.1. The van der Waals surface area contributed by atoms with Gasteiger partial charge in [0.15, 0.2) is 5.96 Å². The van der Waals surface area contributed by atoms with Gasteiger partial charge in [-0.1, -0.05) is 0 Å². The third kappa shape index (κ3) is 13.6. The highest BCUT2D eigenvalue weighted by atomic mass is 32.1. The molecule has 4 amide bonds. The monoisotopic (exact) mass is 520 g/mol. The second kappa shape index (κ2) is 16.1. The number of hydrogen-bond acceptors (Lipinski definition) is 9. The van der Waals surface area contributed by atoms with E-state index in [2.05, 4.69) is 33.6 Å². The molecule has 0 spiro atoms. The smallest absolute Gasteiger partial charge is 0.326 e. The van der Waals surface area contributed by atoms with E-state index in [1.165, 1.54) is 0 Å². The van der Waals surface area contributed by atoms with Gasteiger partial charge in [-0.25, -0.2) is 4.79 Å². The van der Waals surface area contributed by atoms with E-state index in [1.807, 2.05) is 0 Å². The fraction of sp³-hybridized carbons (Fsp3) is 0.611. The average Bonchev–Trinajstić information content (AvgIpc) is 2.75. The normalized spacial score (nSPS) is 13.9. The van der Waals surface area contributed by atoms with E-state index in [-0.39, 0.29) is 37.5 Å². The van der Waals surface area contributed by atoms with Crippen LogP contribution in [0.5, 0.6) is 0 Å². The lowest BCUT2D eigenvalue weighted by molar-refractivity contribution is -0.143. The summed E-state index contributed by atoms with van der Waals surface area (Å²) in [7, 11) is 0. The summed E-state index contributed by atoms with van der Waals surface area (Å²) in [5, 5.41) is 25.1. The maximum absolute atomic E-state index is 12.7. The lowest BCUT2D eigenvalue weighted by Gasteiger charge is -2.24. The lowest BCUT2D eigenvalue weighted by Crippen LogP contribution is -2.57. The van der Waals surface area contributed by atoms with Gasteiger partial charge in [0.05, 0.1) is 12.5 Å². The summed E-state index contributed by atoms with van der Waals surface area (Å²) in [6, 6.07) is -5.45. The Labute approximate surface area is 206 Å². The first-order chi connectivity index (χ1) is 16.3. The summed E-state index contributed by atoms with van der Waals surface area (Å²) in [4.78, 5) is 74.5. The fourth-order valence-corrected chi connectivity index (χ4v) is 2.88. The summed E-state index contributed by atoms with van der Waals surface area (Å²) < 4.78 is 0. The zero-order valence-corrected chi connectivity index (χ0v) is 19.7. The highest BCUT2D eigenvalue weighted by molar-refractivity contribution is 7.80. The van der Waals surface area contributed by atoms with Gasteiger partial charge >= 0.3 is 11.9 Å². The number of carbonyl (C=O) groups excluding carboxylic acids is 4. The van der Waals surface area contributed by atoms with Gasteiger partial charge in [-0.15, -0.1) is 0 Å². The van der Waals surface area contributed by atoms with Crippen LogP contribution >= 0.6 is 12.6 Å². The largest absolute Gasteiger partial charge is 0.481 e.